The van der Waals surface area contributed by atoms with E-state index in [0.29, 0.717) is 18.0 Å². The number of ether oxygens (including phenoxy) is 1. The highest BCUT2D eigenvalue weighted by Crippen LogP contribution is 2.31. The minimum atomic E-state index is -0.451. The fraction of sp³-hybridized carbons (Fsp3) is 0.929. The number of nitrogens with one attached hydrogen (secondary N) is 3. The van der Waals surface area contributed by atoms with Gasteiger partial charge in [-0.1, -0.05) is 6.42 Å². The number of hydrogen-bond donors (Lipinski definition) is 3. The summed E-state index contributed by atoms with van der Waals surface area (Å²) in [6.07, 6.45) is 5.74. The van der Waals surface area contributed by atoms with Gasteiger partial charge in [0.25, 0.3) is 0 Å². The van der Waals surface area contributed by atoms with Crippen LogP contribution in [0.2, 0.25) is 0 Å². The first kappa shape index (κ1) is 14.6. The first-order valence-electron chi connectivity index (χ1n) is 7.43. The third-order valence-electron chi connectivity index (χ3n) is 3.94. The SMILES string of the molecule is CC(C)(C)OC(=O)NNC1CCCC1C1CCCN1. The van der Waals surface area contributed by atoms with Gasteiger partial charge in [0.15, 0.2) is 0 Å². The molecule has 5 heteroatoms. The van der Waals surface area contributed by atoms with Crippen LogP contribution in [0, 0.1) is 5.92 Å². The molecule has 2 rings (SSSR count). The smallest absolute Gasteiger partial charge is 0.422 e. The van der Waals surface area contributed by atoms with Gasteiger partial charge in [-0.2, -0.15) is 0 Å². The van der Waals surface area contributed by atoms with E-state index in [0.717, 1.165) is 13.0 Å². The molecular weight excluding hydrogens is 242 g/mol. The molecule has 0 radical (unpaired) electrons. The standard InChI is InChI=1S/C14H27N3O2/c1-14(2,3)19-13(18)17-16-12-7-4-6-10(12)11-8-5-9-15-11/h10-12,15-16H,4-9H2,1-3H3,(H,17,18). The van der Waals surface area contributed by atoms with Gasteiger partial charge in [0.1, 0.15) is 5.60 Å². The first-order valence-corrected chi connectivity index (χ1v) is 7.43. The predicted octanol–water partition coefficient (Wildman–Crippen LogP) is 1.94. The number of rotatable bonds is 3. The molecule has 19 heavy (non-hydrogen) atoms. The van der Waals surface area contributed by atoms with Gasteiger partial charge < -0.3 is 10.1 Å². The maximum Gasteiger partial charge on any atom is 0.422 e. The monoisotopic (exact) mass is 269 g/mol. The highest BCUT2D eigenvalue weighted by Gasteiger charge is 2.35. The molecular formula is C14H27N3O2. The molecule has 0 bridgehead atoms. The van der Waals surface area contributed by atoms with Gasteiger partial charge in [0.05, 0.1) is 0 Å². The van der Waals surface area contributed by atoms with Crippen LogP contribution in [0.15, 0.2) is 0 Å². The zero-order valence-corrected chi connectivity index (χ0v) is 12.3. The molecule has 5 nitrogen and oxygen atoms in total. The zero-order chi connectivity index (χ0) is 13.9. The molecule has 1 saturated heterocycles. The van der Waals surface area contributed by atoms with Crippen LogP contribution in [-0.4, -0.2) is 30.3 Å². The summed E-state index contributed by atoms with van der Waals surface area (Å²) >= 11 is 0. The fourth-order valence-electron chi connectivity index (χ4n) is 3.18. The Morgan fingerprint density at radius 1 is 1.21 bits per heavy atom. The van der Waals surface area contributed by atoms with Crippen molar-refractivity contribution in [1.82, 2.24) is 16.2 Å². The average molecular weight is 269 g/mol. The molecule has 0 aromatic rings. The maximum absolute atomic E-state index is 11.6. The average Bonchev–Trinajstić information content (AvgIpc) is 2.94. The van der Waals surface area contributed by atoms with Gasteiger partial charge in [-0.3, -0.25) is 5.43 Å². The third kappa shape index (κ3) is 4.35. The van der Waals surface area contributed by atoms with E-state index in [1.165, 1.54) is 25.7 Å². The predicted molar refractivity (Wildman–Crippen MR) is 74.7 cm³/mol. The maximum atomic E-state index is 11.6. The highest BCUT2D eigenvalue weighted by atomic mass is 16.6. The summed E-state index contributed by atoms with van der Waals surface area (Å²) in [6.45, 7) is 6.74. The fourth-order valence-corrected chi connectivity index (χ4v) is 3.18. The van der Waals surface area contributed by atoms with Crippen LogP contribution in [0.4, 0.5) is 4.79 Å². The lowest BCUT2D eigenvalue weighted by molar-refractivity contribution is 0.0480. The molecule has 3 atom stereocenters. The van der Waals surface area contributed by atoms with Crippen LogP contribution < -0.4 is 16.2 Å². The molecule has 1 amide bonds. The van der Waals surface area contributed by atoms with Crippen molar-refractivity contribution in [1.29, 1.82) is 0 Å². The van der Waals surface area contributed by atoms with E-state index in [2.05, 4.69) is 16.2 Å². The number of amides is 1. The van der Waals surface area contributed by atoms with Crippen molar-refractivity contribution < 1.29 is 9.53 Å². The van der Waals surface area contributed by atoms with Gasteiger partial charge >= 0.3 is 6.09 Å². The lowest BCUT2D eigenvalue weighted by Crippen LogP contribution is -2.50. The lowest BCUT2D eigenvalue weighted by Gasteiger charge is -2.27. The van der Waals surface area contributed by atoms with Crippen molar-refractivity contribution in [2.75, 3.05) is 6.54 Å². The van der Waals surface area contributed by atoms with Crippen molar-refractivity contribution in [3.05, 3.63) is 0 Å². The minimum absolute atomic E-state index is 0.364. The van der Waals surface area contributed by atoms with Crippen LogP contribution in [0.1, 0.15) is 52.9 Å². The summed E-state index contributed by atoms with van der Waals surface area (Å²) in [5, 5.41) is 3.57. The molecule has 2 aliphatic rings. The number of carbonyl (C=O) groups is 1. The zero-order valence-electron chi connectivity index (χ0n) is 12.3. The number of hydrazine groups is 1. The molecule has 3 unspecified atom stereocenters. The van der Waals surface area contributed by atoms with Crippen molar-refractivity contribution in [2.24, 2.45) is 5.92 Å². The molecule has 1 heterocycles. The van der Waals surface area contributed by atoms with Crippen LogP contribution in [0.3, 0.4) is 0 Å². The summed E-state index contributed by atoms with van der Waals surface area (Å²) in [5.74, 6) is 0.623. The van der Waals surface area contributed by atoms with Crippen molar-refractivity contribution in [3.63, 3.8) is 0 Å². The van der Waals surface area contributed by atoms with Gasteiger partial charge in [0, 0.05) is 12.1 Å². The van der Waals surface area contributed by atoms with E-state index < -0.39 is 11.7 Å². The van der Waals surface area contributed by atoms with Gasteiger partial charge in [-0.25, -0.2) is 10.2 Å². The van der Waals surface area contributed by atoms with Crippen molar-refractivity contribution in [2.45, 2.75) is 70.6 Å². The second-order valence-electron chi connectivity index (χ2n) is 6.68. The normalized spacial score (nSPS) is 31.4. The first-order chi connectivity index (χ1) is 8.96. The van der Waals surface area contributed by atoms with Crippen LogP contribution in [0.5, 0.6) is 0 Å². The Bertz CT molecular complexity index is 308. The molecule has 1 aliphatic carbocycles. The molecule has 1 saturated carbocycles. The van der Waals surface area contributed by atoms with Crippen molar-refractivity contribution >= 4 is 6.09 Å². The van der Waals surface area contributed by atoms with Crippen LogP contribution >= 0.6 is 0 Å². The largest absolute Gasteiger partial charge is 0.443 e. The Morgan fingerprint density at radius 3 is 2.63 bits per heavy atom. The van der Waals surface area contributed by atoms with Crippen LogP contribution in [0.25, 0.3) is 0 Å². The van der Waals surface area contributed by atoms with E-state index in [-0.39, 0.29) is 0 Å². The van der Waals surface area contributed by atoms with Crippen LogP contribution in [-0.2, 0) is 4.74 Å². The van der Waals surface area contributed by atoms with E-state index >= 15 is 0 Å². The molecule has 2 fully saturated rings. The Kier molecular flexibility index (Phi) is 4.68. The van der Waals surface area contributed by atoms with E-state index in [4.69, 9.17) is 4.74 Å². The summed E-state index contributed by atoms with van der Waals surface area (Å²) < 4.78 is 5.23. The Hall–Kier alpha value is -0.810. The summed E-state index contributed by atoms with van der Waals surface area (Å²) in [7, 11) is 0. The minimum Gasteiger partial charge on any atom is -0.443 e. The molecule has 0 aromatic carbocycles. The topological polar surface area (TPSA) is 62.4 Å². The summed E-state index contributed by atoms with van der Waals surface area (Å²) in [6, 6.07) is 0.976. The number of carbonyl (C=O) groups excluding carboxylic acids is 1. The summed E-state index contributed by atoms with van der Waals surface area (Å²) in [4.78, 5) is 11.6. The second-order valence-corrected chi connectivity index (χ2v) is 6.68. The quantitative estimate of drug-likeness (QED) is 0.685. The van der Waals surface area contributed by atoms with E-state index in [1.54, 1.807) is 0 Å². The van der Waals surface area contributed by atoms with Gasteiger partial charge in [-0.05, 0) is 58.9 Å². The number of hydrogen-bond acceptors (Lipinski definition) is 4. The van der Waals surface area contributed by atoms with Crippen molar-refractivity contribution in [3.8, 4) is 0 Å². The Balaban J connectivity index is 1.76. The highest BCUT2D eigenvalue weighted by molar-refractivity contribution is 5.67. The molecule has 1 aliphatic heterocycles. The Morgan fingerprint density at radius 2 is 2.00 bits per heavy atom. The second kappa shape index (κ2) is 6.09. The molecule has 3 N–H and O–H groups in total. The van der Waals surface area contributed by atoms with Gasteiger partial charge in [-0.15, -0.1) is 0 Å². The lowest BCUT2D eigenvalue weighted by atomic mass is 9.93. The summed E-state index contributed by atoms with van der Waals surface area (Å²) in [5.41, 5.74) is 5.41. The molecule has 110 valence electrons. The molecule has 0 aromatic heterocycles. The third-order valence-corrected chi connectivity index (χ3v) is 3.94. The Labute approximate surface area is 115 Å². The molecule has 0 spiro atoms. The van der Waals surface area contributed by atoms with E-state index in [1.807, 2.05) is 20.8 Å². The van der Waals surface area contributed by atoms with E-state index in [9.17, 15) is 4.79 Å². The van der Waals surface area contributed by atoms with Gasteiger partial charge in [0.2, 0.25) is 0 Å².